The maximum absolute atomic E-state index is 17.2. The zero-order chi connectivity index (χ0) is 21.0. The first-order valence-corrected chi connectivity index (χ1v) is 11.3. The first-order valence-electron chi connectivity index (χ1n) is 11.3. The molecule has 2 heterocycles. The molecule has 1 unspecified atom stereocenters. The minimum absolute atomic E-state index is 0.0568. The molecule has 0 amide bonds. The zero-order valence-corrected chi connectivity index (χ0v) is 17.9. The lowest BCUT2D eigenvalue weighted by molar-refractivity contribution is -0.277. The first-order chi connectivity index (χ1) is 14.3. The fourth-order valence-electron chi connectivity index (χ4n) is 8.63. The van der Waals surface area contributed by atoms with Crippen molar-refractivity contribution in [2.45, 2.75) is 69.6 Å². The number of halogens is 1. The molecule has 5 nitrogen and oxygen atoms in total. The van der Waals surface area contributed by atoms with Gasteiger partial charge in [-0.25, -0.2) is 4.39 Å². The van der Waals surface area contributed by atoms with Crippen LogP contribution < -0.4 is 0 Å². The number of rotatable bonds is 0. The molecular formula is C24H31FO5. The van der Waals surface area contributed by atoms with Gasteiger partial charge in [0.2, 0.25) is 5.79 Å². The highest BCUT2D eigenvalue weighted by Crippen LogP contribution is 2.74. The second-order valence-corrected chi connectivity index (χ2v) is 10.7. The number of fused-ring (bicyclic) bond motifs is 7. The highest BCUT2D eigenvalue weighted by atomic mass is 19.1. The fraction of sp³-hybridized carbons (Fsp3) is 0.792. The van der Waals surface area contributed by atoms with Crippen LogP contribution in [0.1, 0.15) is 46.5 Å². The van der Waals surface area contributed by atoms with Gasteiger partial charge in [-0.05, 0) is 56.6 Å². The van der Waals surface area contributed by atoms with Gasteiger partial charge in [-0.15, -0.1) is 5.73 Å². The third-order valence-corrected chi connectivity index (χ3v) is 9.85. The Bertz CT molecular complexity index is 867. The van der Waals surface area contributed by atoms with Crippen LogP contribution in [-0.2, 0) is 18.9 Å². The summed E-state index contributed by atoms with van der Waals surface area (Å²) in [6.45, 7) is 6.87. The summed E-state index contributed by atoms with van der Waals surface area (Å²) in [5.74, 6) is -1.10. The number of ether oxygens (including phenoxy) is 4. The van der Waals surface area contributed by atoms with Gasteiger partial charge in [0.1, 0.15) is 12.2 Å². The highest BCUT2D eigenvalue weighted by Gasteiger charge is 2.81. The molecule has 0 aromatic rings. The van der Waals surface area contributed by atoms with E-state index < -0.39 is 34.0 Å². The average Bonchev–Trinajstić information content (AvgIpc) is 3.39. The van der Waals surface area contributed by atoms with E-state index in [2.05, 4.69) is 19.6 Å². The van der Waals surface area contributed by atoms with Crippen molar-refractivity contribution in [1.82, 2.24) is 0 Å². The average molecular weight is 419 g/mol. The summed E-state index contributed by atoms with van der Waals surface area (Å²) in [7, 11) is 0. The Morgan fingerprint density at radius 3 is 2.73 bits per heavy atom. The second-order valence-electron chi connectivity index (χ2n) is 10.7. The zero-order valence-electron chi connectivity index (χ0n) is 17.9. The maximum Gasteiger partial charge on any atom is 0.227 e. The molecule has 2 spiro atoms. The van der Waals surface area contributed by atoms with Crippen molar-refractivity contribution in [3.63, 3.8) is 0 Å². The van der Waals surface area contributed by atoms with Crippen LogP contribution in [-0.4, -0.2) is 48.5 Å². The lowest BCUT2D eigenvalue weighted by atomic mass is 9.44. The molecule has 6 aliphatic rings. The molecule has 30 heavy (non-hydrogen) atoms. The van der Waals surface area contributed by atoms with Crippen LogP contribution in [0.25, 0.3) is 0 Å². The van der Waals surface area contributed by atoms with Crippen LogP contribution in [0.3, 0.4) is 0 Å². The van der Waals surface area contributed by atoms with Crippen LogP contribution in [0.2, 0.25) is 0 Å². The number of hydrogen-bond acceptors (Lipinski definition) is 5. The molecule has 4 aliphatic carbocycles. The number of aliphatic hydroxyl groups is 1. The number of aliphatic hydroxyl groups excluding tert-OH is 1. The molecule has 6 rings (SSSR count). The third kappa shape index (κ3) is 1.86. The summed E-state index contributed by atoms with van der Waals surface area (Å²) in [6.07, 6.45) is 7.28. The van der Waals surface area contributed by atoms with Crippen LogP contribution in [0.4, 0.5) is 4.39 Å². The summed E-state index contributed by atoms with van der Waals surface area (Å²) in [4.78, 5) is 0. The normalized spacial score (nSPS) is 58.8. The topological polar surface area (TPSA) is 57.2 Å². The van der Waals surface area contributed by atoms with Gasteiger partial charge in [-0.2, -0.15) is 0 Å². The van der Waals surface area contributed by atoms with E-state index in [0.717, 1.165) is 24.8 Å². The Morgan fingerprint density at radius 1 is 1.17 bits per heavy atom. The van der Waals surface area contributed by atoms with E-state index in [0.29, 0.717) is 13.0 Å². The van der Waals surface area contributed by atoms with Gasteiger partial charge in [-0.3, -0.25) is 0 Å². The van der Waals surface area contributed by atoms with Crippen LogP contribution >= 0.6 is 0 Å². The molecule has 5 fully saturated rings. The van der Waals surface area contributed by atoms with Crippen molar-refractivity contribution >= 4 is 0 Å². The van der Waals surface area contributed by atoms with Crippen LogP contribution in [0, 0.1) is 28.6 Å². The molecule has 2 aliphatic heterocycles. The van der Waals surface area contributed by atoms with Crippen molar-refractivity contribution in [3.8, 4) is 0 Å². The third-order valence-electron chi connectivity index (χ3n) is 9.85. The molecule has 0 radical (unpaired) electrons. The highest BCUT2D eigenvalue weighted by molar-refractivity contribution is 5.40. The summed E-state index contributed by atoms with van der Waals surface area (Å²) in [5, 5.41) is 11.5. The maximum atomic E-state index is 17.2. The molecule has 0 aromatic heterocycles. The van der Waals surface area contributed by atoms with Crippen molar-refractivity contribution in [2.24, 2.45) is 28.6 Å². The van der Waals surface area contributed by atoms with Gasteiger partial charge in [0.05, 0.1) is 11.5 Å². The number of alkyl halides is 1. The van der Waals surface area contributed by atoms with E-state index >= 15 is 4.39 Å². The van der Waals surface area contributed by atoms with Gasteiger partial charge < -0.3 is 24.1 Å². The lowest BCUT2D eigenvalue weighted by Gasteiger charge is -2.63. The van der Waals surface area contributed by atoms with Crippen LogP contribution in [0.15, 0.2) is 29.5 Å². The summed E-state index contributed by atoms with van der Waals surface area (Å²) < 4.78 is 41.3. The number of hydrogen-bond donors (Lipinski definition) is 1. The molecule has 3 saturated carbocycles. The molecule has 164 valence electrons. The van der Waals surface area contributed by atoms with Gasteiger partial charge >= 0.3 is 0 Å². The van der Waals surface area contributed by atoms with E-state index in [1.807, 2.05) is 25.2 Å². The summed E-state index contributed by atoms with van der Waals surface area (Å²) in [6, 6.07) is 0. The SMILES string of the molecule is C[C@H]1C[C@H]2[C@@H]3CCC4=CC=C=C[C@]4(C)[C@@]3(F)[C@@H](O)C[C@]2(C)[C@]12OCOC21COCO1. The largest absolute Gasteiger partial charge is 0.390 e. The fourth-order valence-corrected chi connectivity index (χ4v) is 8.63. The Labute approximate surface area is 176 Å². The minimum Gasteiger partial charge on any atom is -0.390 e. The minimum atomic E-state index is -1.73. The quantitative estimate of drug-likeness (QED) is 0.609. The first kappa shape index (κ1) is 19.7. The molecule has 1 N–H and O–H groups in total. The summed E-state index contributed by atoms with van der Waals surface area (Å²) >= 11 is 0. The standard InChI is InChI=1S/C24H31FO5/c1-15-10-18-17-8-7-16-6-4-5-9-20(16,2)23(17,25)19(26)11-21(18,3)24(15)22(29-14-30-24)12-27-13-28-22/h4,6,9,15,17-19,26H,7-8,10-14H2,1-3H3/t15-,17-,18-,19-,20-,21-,22?,23-,24+/m0/s1. The molecule has 0 bridgehead atoms. The smallest absolute Gasteiger partial charge is 0.227 e. The van der Waals surface area contributed by atoms with Crippen molar-refractivity contribution in [3.05, 3.63) is 29.5 Å². The monoisotopic (exact) mass is 418 g/mol. The Kier molecular flexibility index (Phi) is 3.84. The van der Waals surface area contributed by atoms with Gasteiger partial charge in [-0.1, -0.05) is 25.5 Å². The molecule has 6 heteroatoms. The Morgan fingerprint density at radius 2 is 1.97 bits per heavy atom. The second kappa shape index (κ2) is 5.86. The predicted octanol–water partition coefficient (Wildman–Crippen LogP) is 3.63. The van der Waals surface area contributed by atoms with Crippen molar-refractivity contribution in [1.29, 1.82) is 0 Å². The molecular weight excluding hydrogens is 387 g/mol. The predicted molar refractivity (Wildman–Crippen MR) is 106 cm³/mol. The van der Waals surface area contributed by atoms with Gasteiger partial charge in [0, 0.05) is 11.3 Å². The van der Waals surface area contributed by atoms with Crippen LogP contribution in [0.5, 0.6) is 0 Å². The van der Waals surface area contributed by atoms with Crippen molar-refractivity contribution < 1.29 is 28.4 Å². The van der Waals surface area contributed by atoms with E-state index in [-0.39, 0.29) is 31.3 Å². The van der Waals surface area contributed by atoms with E-state index in [4.69, 9.17) is 18.9 Å². The molecule has 2 saturated heterocycles. The van der Waals surface area contributed by atoms with E-state index in [9.17, 15) is 5.11 Å². The summed E-state index contributed by atoms with van der Waals surface area (Å²) in [5.41, 5.74) is 0.368. The lowest BCUT2D eigenvalue weighted by Crippen LogP contribution is -2.71. The van der Waals surface area contributed by atoms with E-state index in [1.54, 1.807) is 0 Å². The van der Waals surface area contributed by atoms with Gasteiger partial charge in [0.15, 0.2) is 19.3 Å². The van der Waals surface area contributed by atoms with Gasteiger partial charge in [0.25, 0.3) is 0 Å². The van der Waals surface area contributed by atoms with Crippen molar-refractivity contribution in [2.75, 3.05) is 20.2 Å². The Hall–Kier alpha value is -1.01. The number of allylic oxidation sites excluding steroid dienone is 3. The molecule has 9 atom stereocenters. The van der Waals surface area contributed by atoms with E-state index in [1.165, 1.54) is 0 Å². The molecule has 0 aromatic carbocycles. The Balaban J connectivity index is 1.49.